The molecular weight excluding hydrogens is 330 g/mol. The number of rotatable bonds is 4. The van der Waals surface area contributed by atoms with Crippen LogP contribution in [0.15, 0.2) is 53.0 Å². The Morgan fingerprint density at radius 3 is 2.52 bits per heavy atom. The third-order valence-corrected chi connectivity index (χ3v) is 4.05. The standard InChI is InChI=1S/C17H18BrNO2/c1-13-10-15(8-9-16(13)18)11-19(2)17(20)21-12-14-6-4-3-5-7-14/h3-10H,11-12H2,1-2H3. The molecule has 0 aliphatic carbocycles. The molecule has 2 aromatic rings. The van der Waals surface area contributed by atoms with E-state index in [0.717, 1.165) is 21.2 Å². The molecule has 0 fully saturated rings. The average Bonchev–Trinajstić information content (AvgIpc) is 2.49. The van der Waals surface area contributed by atoms with Crippen molar-refractivity contribution in [1.82, 2.24) is 4.90 Å². The number of halogens is 1. The number of hydrogen-bond acceptors (Lipinski definition) is 2. The number of aryl methyl sites for hydroxylation is 1. The maximum atomic E-state index is 12.0. The molecule has 0 unspecified atom stereocenters. The van der Waals surface area contributed by atoms with Crippen LogP contribution in [0.3, 0.4) is 0 Å². The lowest BCUT2D eigenvalue weighted by Crippen LogP contribution is -2.26. The highest BCUT2D eigenvalue weighted by molar-refractivity contribution is 9.10. The van der Waals surface area contributed by atoms with E-state index in [9.17, 15) is 4.79 Å². The quantitative estimate of drug-likeness (QED) is 0.813. The molecule has 2 rings (SSSR count). The molecule has 0 radical (unpaired) electrons. The summed E-state index contributed by atoms with van der Waals surface area (Å²) in [5, 5.41) is 0. The number of ether oxygens (including phenoxy) is 1. The maximum Gasteiger partial charge on any atom is 0.410 e. The Labute approximate surface area is 133 Å². The van der Waals surface area contributed by atoms with Gasteiger partial charge in [0, 0.05) is 18.1 Å². The van der Waals surface area contributed by atoms with E-state index < -0.39 is 0 Å². The fraction of sp³-hybridized carbons (Fsp3) is 0.235. The van der Waals surface area contributed by atoms with Gasteiger partial charge in [-0.25, -0.2) is 4.79 Å². The zero-order valence-electron chi connectivity index (χ0n) is 12.2. The van der Waals surface area contributed by atoms with Gasteiger partial charge in [0.05, 0.1) is 0 Å². The van der Waals surface area contributed by atoms with Crippen LogP contribution in [-0.4, -0.2) is 18.0 Å². The van der Waals surface area contributed by atoms with E-state index in [0.29, 0.717) is 13.2 Å². The van der Waals surface area contributed by atoms with Gasteiger partial charge in [-0.15, -0.1) is 0 Å². The molecule has 0 saturated heterocycles. The smallest absolute Gasteiger partial charge is 0.410 e. The number of amides is 1. The van der Waals surface area contributed by atoms with E-state index in [1.807, 2.05) is 49.4 Å². The van der Waals surface area contributed by atoms with Crippen LogP contribution in [-0.2, 0) is 17.9 Å². The van der Waals surface area contributed by atoms with Crippen molar-refractivity contribution < 1.29 is 9.53 Å². The molecule has 0 saturated carbocycles. The molecule has 4 heteroatoms. The molecule has 0 aromatic heterocycles. The van der Waals surface area contributed by atoms with Crippen LogP contribution in [0.2, 0.25) is 0 Å². The van der Waals surface area contributed by atoms with Crippen molar-refractivity contribution in [3.05, 3.63) is 69.7 Å². The Morgan fingerprint density at radius 1 is 1.14 bits per heavy atom. The summed E-state index contributed by atoms with van der Waals surface area (Å²) in [6.07, 6.45) is -0.320. The van der Waals surface area contributed by atoms with Crippen molar-refractivity contribution in [2.24, 2.45) is 0 Å². The molecule has 2 aromatic carbocycles. The lowest BCUT2D eigenvalue weighted by molar-refractivity contribution is 0.103. The highest BCUT2D eigenvalue weighted by atomic mass is 79.9. The number of nitrogens with zero attached hydrogens (tertiary/aromatic N) is 1. The second-order valence-electron chi connectivity index (χ2n) is 4.98. The van der Waals surface area contributed by atoms with Gasteiger partial charge in [0.25, 0.3) is 0 Å². The Balaban J connectivity index is 1.88. The summed E-state index contributed by atoms with van der Waals surface area (Å²) in [4.78, 5) is 13.5. The molecule has 0 aliphatic heterocycles. The van der Waals surface area contributed by atoms with Crippen molar-refractivity contribution in [3.63, 3.8) is 0 Å². The molecule has 110 valence electrons. The number of carbonyl (C=O) groups is 1. The highest BCUT2D eigenvalue weighted by Crippen LogP contribution is 2.18. The third-order valence-electron chi connectivity index (χ3n) is 3.16. The molecule has 0 spiro atoms. The summed E-state index contributed by atoms with van der Waals surface area (Å²) >= 11 is 3.47. The van der Waals surface area contributed by atoms with E-state index in [2.05, 4.69) is 22.0 Å². The molecule has 1 amide bonds. The molecule has 0 heterocycles. The Morgan fingerprint density at radius 2 is 1.86 bits per heavy atom. The van der Waals surface area contributed by atoms with Crippen molar-refractivity contribution in [2.45, 2.75) is 20.1 Å². The van der Waals surface area contributed by atoms with Crippen molar-refractivity contribution in [2.75, 3.05) is 7.05 Å². The zero-order chi connectivity index (χ0) is 15.2. The molecule has 0 N–H and O–H groups in total. The van der Waals surface area contributed by atoms with Crippen molar-refractivity contribution in [1.29, 1.82) is 0 Å². The van der Waals surface area contributed by atoms with Gasteiger partial charge in [0.2, 0.25) is 0 Å². The first-order valence-corrected chi connectivity index (χ1v) is 7.52. The van der Waals surface area contributed by atoms with E-state index >= 15 is 0 Å². The van der Waals surface area contributed by atoms with Crippen LogP contribution in [0.1, 0.15) is 16.7 Å². The minimum absolute atomic E-state index is 0.295. The van der Waals surface area contributed by atoms with Gasteiger partial charge in [-0.2, -0.15) is 0 Å². The van der Waals surface area contributed by atoms with E-state index in [1.54, 1.807) is 11.9 Å². The monoisotopic (exact) mass is 347 g/mol. The second-order valence-corrected chi connectivity index (χ2v) is 5.83. The van der Waals surface area contributed by atoms with E-state index in [4.69, 9.17) is 4.74 Å². The summed E-state index contributed by atoms with van der Waals surface area (Å²) in [7, 11) is 1.74. The van der Waals surface area contributed by atoms with Gasteiger partial charge in [-0.1, -0.05) is 58.4 Å². The SMILES string of the molecule is Cc1cc(CN(C)C(=O)OCc2ccccc2)ccc1Br. The lowest BCUT2D eigenvalue weighted by Gasteiger charge is -2.17. The average molecular weight is 348 g/mol. The van der Waals surface area contributed by atoms with Gasteiger partial charge in [-0.05, 0) is 29.7 Å². The first-order chi connectivity index (χ1) is 10.1. The first-order valence-electron chi connectivity index (χ1n) is 6.73. The number of carbonyl (C=O) groups excluding carboxylic acids is 1. The summed E-state index contributed by atoms with van der Waals surface area (Å²) in [6.45, 7) is 2.85. The summed E-state index contributed by atoms with van der Waals surface area (Å²) in [5.41, 5.74) is 3.21. The lowest BCUT2D eigenvalue weighted by atomic mass is 10.1. The minimum Gasteiger partial charge on any atom is -0.445 e. The molecule has 0 atom stereocenters. The summed E-state index contributed by atoms with van der Waals surface area (Å²) in [6, 6.07) is 15.7. The van der Waals surface area contributed by atoms with Crippen LogP contribution < -0.4 is 0 Å². The molecule has 21 heavy (non-hydrogen) atoms. The highest BCUT2D eigenvalue weighted by Gasteiger charge is 2.11. The van der Waals surface area contributed by atoms with E-state index in [-0.39, 0.29) is 6.09 Å². The van der Waals surface area contributed by atoms with Crippen LogP contribution >= 0.6 is 15.9 Å². The van der Waals surface area contributed by atoms with Crippen LogP contribution in [0, 0.1) is 6.92 Å². The predicted octanol–water partition coefficient (Wildman–Crippen LogP) is 4.53. The van der Waals surface area contributed by atoms with Gasteiger partial charge in [-0.3, -0.25) is 0 Å². The minimum atomic E-state index is -0.320. The molecule has 0 aliphatic rings. The summed E-state index contributed by atoms with van der Waals surface area (Å²) < 4.78 is 6.36. The second kappa shape index (κ2) is 7.27. The summed E-state index contributed by atoms with van der Waals surface area (Å²) in [5.74, 6) is 0. The number of hydrogen-bond donors (Lipinski definition) is 0. The number of benzene rings is 2. The Kier molecular flexibility index (Phi) is 5.39. The third kappa shape index (κ3) is 4.60. The fourth-order valence-corrected chi connectivity index (χ4v) is 2.22. The van der Waals surface area contributed by atoms with Crippen LogP contribution in [0.4, 0.5) is 4.79 Å². The molecule has 0 bridgehead atoms. The zero-order valence-corrected chi connectivity index (χ0v) is 13.8. The first kappa shape index (κ1) is 15.6. The Bertz CT molecular complexity index is 613. The van der Waals surface area contributed by atoms with Crippen molar-refractivity contribution in [3.8, 4) is 0 Å². The Hall–Kier alpha value is -1.81. The van der Waals surface area contributed by atoms with Gasteiger partial charge in [0.1, 0.15) is 6.61 Å². The maximum absolute atomic E-state index is 12.0. The normalized spacial score (nSPS) is 10.2. The molecule has 3 nitrogen and oxygen atoms in total. The van der Waals surface area contributed by atoms with Gasteiger partial charge in [0.15, 0.2) is 0 Å². The topological polar surface area (TPSA) is 29.5 Å². The largest absolute Gasteiger partial charge is 0.445 e. The van der Waals surface area contributed by atoms with Gasteiger partial charge >= 0.3 is 6.09 Å². The van der Waals surface area contributed by atoms with Crippen molar-refractivity contribution >= 4 is 22.0 Å². The predicted molar refractivity (Wildman–Crippen MR) is 87.0 cm³/mol. The molecular formula is C17H18BrNO2. The van der Waals surface area contributed by atoms with Crippen LogP contribution in [0.5, 0.6) is 0 Å². The fourth-order valence-electron chi connectivity index (χ4n) is 1.97. The van der Waals surface area contributed by atoms with Crippen LogP contribution in [0.25, 0.3) is 0 Å². The van der Waals surface area contributed by atoms with Gasteiger partial charge < -0.3 is 9.64 Å². The van der Waals surface area contributed by atoms with E-state index in [1.165, 1.54) is 0 Å².